The van der Waals surface area contributed by atoms with Crippen molar-refractivity contribution < 1.29 is 9.53 Å². The topological polar surface area (TPSA) is 101 Å². The van der Waals surface area contributed by atoms with Gasteiger partial charge in [-0.3, -0.25) is 10.2 Å². The van der Waals surface area contributed by atoms with Crippen molar-refractivity contribution in [3.63, 3.8) is 0 Å². The molecule has 1 unspecified atom stereocenters. The van der Waals surface area contributed by atoms with Gasteiger partial charge in [0.2, 0.25) is 6.10 Å². The Hall–Kier alpha value is -3.75. The summed E-state index contributed by atoms with van der Waals surface area (Å²) in [4.78, 5) is 18.3. The molecule has 0 bridgehead atoms. The molecule has 5 rings (SSSR count). The molecule has 2 heterocycles. The SMILES string of the molecule is N=C(N)c1cc2c(OC(C(=O)Nc3ccc4scnc4c3)c3ccccc3)cccc2s1. The van der Waals surface area contributed by atoms with Crippen molar-refractivity contribution in [2.75, 3.05) is 5.32 Å². The number of hydrogen-bond acceptors (Lipinski definition) is 6. The standard InChI is InChI=1S/C24H18N4O2S2/c25-23(26)21-12-16-18(7-4-8-19(16)32-21)30-22(14-5-2-1-3-6-14)24(29)28-15-9-10-20-17(11-15)27-13-31-20/h1-13,22H,(H3,25,26)(H,28,29). The fourth-order valence-electron chi connectivity index (χ4n) is 3.44. The van der Waals surface area contributed by atoms with Crippen molar-refractivity contribution in [3.05, 3.63) is 88.7 Å². The van der Waals surface area contributed by atoms with Crippen molar-refractivity contribution in [2.24, 2.45) is 5.73 Å². The first-order valence-electron chi connectivity index (χ1n) is 9.81. The summed E-state index contributed by atoms with van der Waals surface area (Å²) in [7, 11) is 0. The van der Waals surface area contributed by atoms with E-state index < -0.39 is 6.10 Å². The minimum absolute atomic E-state index is 0.00642. The summed E-state index contributed by atoms with van der Waals surface area (Å²) in [5.41, 5.74) is 9.68. The average Bonchev–Trinajstić information content (AvgIpc) is 3.45. The first-order valence-corrected chi connectivity index (χ1v) is 11.5. The smallest absolute Gasteiger partial charge is 0.270 e. The van der Waals surface area contributed by atoms with Gasteiger partial charge >= 0.3 is 0 Å². The molecule has 158 valence electrons. The number of thiophene rings is 1. The normalized spacial score (nSPS) is 12.0. The molecule has 2 aromatic heterocycles. The summed E-state index contributed by atoms with van der Waals surface area (Å²) < 4.78 is 8.28. The Morgan fingerprint density at radius 3 is 2.69 bits per heavy atom. The van der Waals surface area contributed by atoms with E-state index in [1.807, 2.05) is 72.8 Å². The van der Waals surface area contributed by atoms with Crippen LogP contribution in [0.4, 0.5) is 5.69 Å². The van der Waals surface area contributed by atoms with Gasteiger partial charge in [0.05, 0.1) is 20.6 Å². The quantitative estimate of drug-likeness (QED) is 0.229. The molecular weight excluding hydrogens is 440 g/mol. The van der Waals surface area contributed by atoms with Gasteiger partial charge in [-0.25, -0.2) is 4.98 Å². The fourth-order valence-corrected chi connectivity index (χ4v) is 5.04. The Morgan fingerprint density at radius 1 is 1.03 bits per heavy atom. The number of amidine groups is 1. The number of ether oxygens (including phenoxy) is 1. The lowest BCUT2D eigenvalue weighted by atomic mass is 10.1. The van der Waals surface area contributed by atoms with Gasteiger partial charge in [-0.1, -0.05) is 36.4 Å². The molecule has 4 N–H and O–H groups in total. The Kier molecular flexibility index (Phi) is 5.30. The lowest BCUT2D eigenvalue weighted by Crippen LogP contribution is -2.25. The van der Waals surface area contributed by atoms with Crippen LogP contribution in [0.2, 0.25) is 0 Å². The van der Waals surface area contributed by atoms with Gasteiger partial charge in [0.25, 0.3) is 5.91 Å². The van der Waals surface area contributed by atoms with E-state index in [9.17, 15) is 4.79 Å². The summed E-state index contributed by atoms with van der Waals surface area (Å²) in [6, 6.07) is 22.5. The number of aromatic nitrogens is 1. The third-order valence-corrected chi connectivity index (χ3v) is 6.91. The maximum absolute atomic E-state index is 13.3. The fraction of sp³-hybridized carbons (Fsp3) is 0.0417. The number of fused-ring (bicyclic) bond motifs is 2. The van der Waals surface area contributed by atoms with Crippen LogP contribution < -0.4 is 15.8 Å². The zero-order chi connectivity index (χ0) is 22.1. The number of nitrogen functional groups attached to an aromatic ring is 1. The van der Waals surface area contributed by atoms with Crippen molar-refractivity contribution >= 4 is 60.4 Å². The van der Waals surface area contributed by atoms with Crippen LogP contribution in [0.5, 0.6) is 5.75 Å². The van der Waals surface area contributed by atoms with Crippen LogP contribution in [0.25, 0.3) is 20.3 Å². The summed E-state index contributed by atoms with van der Waals surface area (Å²) in [6.45, 7) is 0. The van der Waals surface area contributed by atoms with Crippen LogP contribution in [-0.4, -0.2) is 16.7 Å². The Labute approximate surface area is 191 Å². The molecule has 32 heavy (non-hydrogen) atoms. The van der Waals surface area contributed by atoms with E-state index in [1.54, 1.807) is 16.8 Å². The highest BCUT2D eigenvalue weighted by atomic mass is 32.1. The van der Waals surface area contributed by atoms with E-state index in [0.29, 0.717) is 16.3 Å². The lowest BCUT2D eigenvalue weighted by molar-refractivity contribution is -0.123. The lowest BCUT2D eigenvalue weighted by Gasteiger charge is -2.20. The van der Waals surface area contributed by atoms with Gasteiger partial charge in [0.1, 0.15) is 11.6 Å². The highest BCUT2D eigenvalue weighted by molar-refractivity contribution is 7.20. The summed E-state index contributed by atoms with van der Waals surface area (Å²) in [5.74, 6) is 0.280. The number of hydrogen-bond donors (Lipinski definition) is 3. The Balaban J connectivity index is 1.49. The van der Waals surface area contributed by atoms with E-state index in [4.69, 9.17) is 15.9 Å². The first-order chi connectivity index (χ1) is 15.6. The molecule has 1 amide bonds. The predicted molar refractivity (Wildman–Crippen MR) is 131 cm³/mol. The molecule has 0 aliphatic heterocycles. The minimum atomic E-state index is -0.867. The van der Waals surface area contributed by atoms with Crippen LogP contribution in [0.1, 0.15) is 16.5 Å². The van der Waals surface area contributed by atoms with Crippen molar-refractivity contribution in [1.82, 2.24) is 4.98 Å². The first kappa shape index (κ1) is 20.2. The van der Waals surface area contributed by atoms with Crippen LogP contribution in [0.3, 0.4) is 0 Å². The maximum Gasteiger partial charge on any atom is 0.270 e. The van der Waals surface area contributed by atoms with Crippen molar-refractivity contribution in [3.8, 4) is 5.75 Å². The second-order valence-corrected chi connectivity index (χ2v) is 9.10. The number of anilines is 1. The maximum atomic E-state index is 13.3. The third-order valence-electron chi connectivity index (χ3n) is 4.97. The molecule has 0 aliphatic rings. The molecule has 5 aromatic rings. The van der Waals surface area contributed by atoms with E-state index in [-0.39, 0.29) is 11.7 Å². The van der Waals surface area contributed by atoms with Gasteiger partial charge in [-0.05, 0) is 36.4 Å². The highest BCUT2D eigenvalue weighted by Crippen LogP contribution is 2.35. The molecule has 0 aliphatic carbocycles. The molecule has 0 fully saturated rings. The van der Waals surface area contributed by atoms with Gasteiger partial charge in [-0.15, -0.1) is 22.7 Å². The number of carbonyl (C=O) groups excluding carboxylic acids is 1. The number of nitrogens with two attached hydrogens (primary N) is 1. The molecule has 6 nitrogen and oxygen atoms in total. The number of rotatable bonds is 6. The summed E-state index contributed by atoms with van der Waals surface area (Å²) in [6.07, 6.45) is -0.867. The number of thiazole rings is 1. The number of benzene rings is 3. The molecule has 0 saturated carbocycles. The minimum Gasteiger partial charge on any atom is -0.475 e. The zero-order valence-corrected chi connectivity index (χ0v) is 18.4. The second-order valence-electron chi connectivity index (χ2n) is 7.12. The van der Waals surface area contributed by atoms with Gasteiger partial charge in [0.15, 0.2) is 0 Å². The molecule has 0 spiro atoms. The molecule has 0 saturated heterocycles. The van der Waals surface area contributed by atoms with Crippen molar-refractivity contribution in [2.45, 2.75) is 6.10 Å². The number of nitrogens with zero attached hydrogens (tertiary/aromatic N) is 1. The molecule has 0 radical (unpaired) electrons. The Bertz CT molecular complexity index is 1440. The van der Waals surface area contributed by atoms with Crippen LogP contribution >= 0.6 is 22.7 Å². The zero-order valence-electron chi connectivity index (χ0n) is 16.7. The summed E-state index contributed by atoms with van der Waals surface area (Å²) in [5, 5.41) is 11.5. The molecule has 3 aromatic carbocycles. The number of nitrogens with one attached hydrogen (secondary N) is 2. The second kappa shape index (κ2) is 8.41. The van der Waals surface area contributed by atoms with E-state index in [1.165, 1.54) is 11.3 Å². The molecule has 1 atom stereocenters. The Morgan fingerprint density at radius 2 is 1.88 bits per heavy atom. The largest absolute Gasteiger partial charge is 0.475 e. The van der Waals surface area contributed by atoms with Gasteiger partial charge < -0.3 is 15.8 Å². The van der Waals surface area contributed by atoms with Crippen LogP contribution in [-0.2, 0) is 4.79 Å². The van der Waals surface area contributed by atoms with Gasteiger partial charge in [-0.2, -0.15) is 0 Å². The summed E-state index contributed by atoms with van der Waals surface area (Å²) >= 11 is 2.97. The predicted octanol–water partition coefficient (Wildman–Crippen LogP) is 5.55. The number of carbonyl (C=O) groups is 1. The average molecular weight is 459 g/mol. The van der Waals surface area contributed by atoms with E-state index in [2.05, 4.69) is 10.3 Å². The monoisotopic (exact) mass is 458 g/mol. The number of amides is 1. The van der Waals surface area contributed by atoms with Gasteiger partial charge in [0, 0.05) is 21.3 Å². The highest BCUT2D eigenvalue weighted by Gasteiger charge is 2.24. The van der Waals surface area contributed by atoms with Crippen molar-refractivity contribution in [1.29, 1.82) is 5.41 Å². The molecular formula is C24H18N4O2S2. The van der Waals surface area contributed by atoms with Crippen LogP contribution in [0.15, 0.2) is 78.3 Å². The van der Waals surface area contributed by atoms with E-state index >= 15 is 0 Å². The van der Waals surface area contributed by atoms with Crippen LogP contribution in [0, 0.1) is 5.41 Å². The third kappa shape index (κ3) is 3.93. The molecule has 8 heteroatoms. The van der Waals surface area contributed by atoms with E-state index in [0.717, 1.165) is 25.9 Å².